The molecule has 0 saturated carbocycles. The molecule has 1 atom stereocenters. The lowest BCUT2D eigenvalue weighted by Gasteiger charge is -2.23. The number of carbonyl (C=O) groups is 3. The zero-order valence-electron chi connectivity index (χ0n) is 17.3. The van der Waals surface area contributed by atoms with Gasteiger partial charge in [-0.1, -0.05) is 17.7 Å². The molecule has 7 nitrogen and oxygen atoms in total. The number of aromatic amines is 1. The fourth-order valence-corrected chi connectivity index (χ4v) is 3.23. The van der Waals surface area contributed by atoms with Gasteiger partial charge in [-0.05, 0) is 50.8 Å². The maximum absolute atomic E-state index is 12.6. The number of allylic oxidation sites excluding steroid dienone is 5. The molecular weight excluding hydrogens is 368 g/mol. The zero-order chi connectivity index (χ0) is 21.4. The lowest BCUT2D eigenvalue weighted by Crippen LogP contribution is -2.46. The zero-order valence-corrected chi connectivity index (χ0v) is 17.3. The van der Waals surface area contributed by atoms with Gasteiger partial charge in [0, 0.05) is 37.3 Å². The van der Waals surface area contributed by atoms with Crippen LogP contribution in [0.25, 0.3) is 5.57 Å². The molecule has 4 N–H and O–H groups in total. The van der Waals surface area contributed by atoms with Gasteiger partial charge in [-0.3, -0.25) is 14.4 Å². The summed E-state index contributed by atoms with van der Waals surface area (Å²) < 4.78 is 0. The van der Waals surface area contributed by atoms with Gasteiger partial charge in [-0.25, -0.2) is 0 Å². The second-order valence-corrected chi connectivity index (χ2v) is 7.46. The Morgan fingerprint density at radius 1 is 1.28 bits per heavy atom. The van der Waals surface area contributed by atoms with Gasteiger partial charge < -0.3 is 20.9 Å². The van der Waals surface area contributed by atoms with E-state index in [0.29, 0.717) is 25.2 Å². The molecule has 0 spiro atoms. The summed E-state index contributed by atoms with van der Waals surface area (Å²) in [5.41, 5.74) is 9.08. The highest BCUT2D eigenvalue weighted by Crippen LogP contribution is 2.19. The van der Waals surface area contributed by atoms with Crippen LogP contribution in [0.15, 0.2) is 48.0 Å². The molecule has 1 aromatic rings. The van der Waals surface area contributed by atoms with Gasteiger partial charge in [0.05, 0.1) is 6.42 Å². The van der Waals surface area contributed by atoms with Crippen molar-refractivity contribution in [2.75, 3.05) is 13.1 Å². The van der Waals surface area contributed by atoms with Crippen molar-refractivity contribution < 1.29 is 14.4 Å². The third-order valence-electron chi connectivity index (χ3n) is 4.80. The van der Waals surface area contributed by atoms with Crippen molar-refractivity contribution in [3.8, 4) is 0 Å². The molecule has 2 rings (SSSR count). The number of amides is 2. The minimum atomic E-state index is -0.525. The maximum Gasteiger partial charge on any atom is 0.243 e. The normalized spacial score (nSPS) is 18.1. The van der Waals surface area contributed by atoms with E-state index in [0.717, 1.165) is 23.1 Å². The Morgan fingerprint density at radius 2 is 2.03 bits per heavy atom. The van der Waals surface area contributed by atoms with Crippen LogP contribution in [0.4, 0.5) is 0 Å². The molecule has 1 fully saturated rings. The average Bonchev–Trinajstić information content (AvgIpc) is 3.35. The molecule has 1 aromatic heterocycles. The minimum Gasteiger partial charge on any atom is -0.402 e. The SMILES string of the molecule is CC(N)=CC(=O)CC(=O)N1CCC[C@H]1C(=O)NC/C(C)=C/C=C(\C)c1cc[nH]c1. The lowest BCUT2D eigenvalue weighted by atomic mass is 10.1. The first-order valence-corrected chi connectivity index (χ1v) is 9.79. The number of nitrogens with one attached hydrogen (secondary N) is 2. The molecule has 0 aromatic carbocycles. The van der Waals surface area contributed by atoms with E-state index in [-0.39, 0.29) is 24.0 Å². The summed E-state index contributed by atoms with van der Waals surface area (Å²) in [7, 11) is 0. The van der Waals surface area contributed by atoms with E-state index in [9.17, 15) is 14.4 Å². The van der Waals surface area contributed by atoms with Crippen LogP contribution >= 0.6 is 0 Å². The highest BCUT2D eigenvalue weighted by Gasteiger charge is 2.34. The molecule has 0 aliphatic carbocycles. The molecule has 2 amide bonds. The maximum atomic E-state index is 12.6. The lowest BCUT2D eigenvalue weighted by molar-refractivity contribution is -0.140. The summed E-state index contributed by atoms with van der Waals surface area (Å²) in [5, 5.41) is 2.90. The number of nitrogens with two attached hydrogens (primary N) is 1. The number of likely N-dealkylation sites (tertiary alicyclic amines) is 1. The second-order valence-electron chi connectivity index (χ2n) is 7.46. The fourth-order valence-electron chi connectivity index (χ4n) is 3.23. The van der Waals surface area contributed by atoms with Crippen molar-refractivity contribution in [1.82, 2.24) is 15.2 Å². The van der Waals surface area contributed by atoms with Gasteiger partial charge in [0.1, 0.15) is 6.04 Å². The fraction of sp³-hybridized carbons (Fsp3) is 0.409. The highest BCUT2D eigenvalue weighted by molar-refractivity contribution is 6.05. The monoisotopic (exact) mass is 398 g/mol. The van der Waals surface area contributed by atoms with Crippen LogP contribution < -0.4 is 11.1 Å². The molecular formula is C22H30N4O3. The first-order valence-electron chi connectivity index (χ1n) is 9.79. The van der Waals surface area contributed by atoms with Crippen LogP contribution in [-0.2, 0) is 14.4 Å². The topological polar surface area (TPSA) is 108 Å². The number of H-pyrrole nitrogens is 1. The van der Waals surface area contributed by atoms with Crippen molar-refractivity contribution in [1.29, 1.82) is 0 Å². The molecule has 156 valence electrons. The summed E-state index contributed by atoms with van der Waals surface area (Å²) in [6.45, 7) is 6.46. The van der Waals surface area contributed by atoms with Crippen molar-refractivity contribution in [3.63, 3.8) is 0 Å². The third kappa shape index (κ3) is 6.78. The van der Waals surface area contributed by atoms with Crippen LogP contribution in [0.3, 0.4) is 0 Å². The van der Waals surface area contributed by atoms with Crippen LogP contribution in [0.5, 0.6) is 0 Å². The van der Waals surface area contributed by atoms with Crippen molar-refractivity contribution >= 4 is 23.2 Å². The second kappa shape index (κ2) is 10.5. The Balaban J connectivity index is 1.89. The minimum absolute atomic E-state index is 0.187. The average molecular weight is 399 g/mol. The predicted molar refractivity (Wildman–Crippen MR) is 114 cm³/mol. The highest BCUT2D eigenvalue weighted by atomic mass is 16.2. The largest absolute Gasteiger partial charge is 0.402 e. The summed E-state index contributed by atoms with van der Waals surface area (Å²) in [5.74, 6) is -0.861. The Hall–Kier alpha value is -3.09. The number of aromatic nitrogens is 1. The summed E-state index contributed by atoms with van der Waals surface area (Å²) >= 11 is 0. The van der Waals surface area contributed by atoms with Crippen molar-refractivity contribution in [2.45, 2.75) is 46.1 Å². The molecule has 1 aliphatic rings. The molecule has 7 heteroatoms. The Labute approximate surface area is 171 Å². The van der Waals surface area contributed by atoms with Crippen LogP contribution in [0, 0.1) is 0 Å². The summed E-state index contributed by atoms with van der Waals surface area (Å²) in [4.78, 5) is 41.3. The smallest absolute Gasteiger partial charge is 0.243 e. The summed E-state index contributed by atoms with van der Waals surface area (Å²) in [6.07, 6.45) is 10.1. The van der Waals surface area contributed by atoms with Gasteiger partial charge in [0.15, 0.2) is 5.78 Å². The quantitative estimate of drug-likeness (QED) is 0.355. The van der Waals surface area contributed by atoms with E-state index >= 15 is 0 Å². The molecule has 2 heterocycles. The van der Waals surface area contributed by atoms with Gasteiger partial charge >= 0.3 is 0 Å². The standard InChI is InChI=1S/C22H30N4O3/c1-15(6-7-16(2)18-8-9-24-14-18)13-25-22(29)20-5-4-10-26(20)21(28)12-19(27)11-17(3)23/h6-9,11,14,20,24H,4-5,10,12-13,23H2,1-3H3,(H,25,29)/b15-6+,16-7+,17-11?/t20-/m0/s1. The molecule has 1 aliphatic heterocycles. The Kier molecular flexibility index (Phi) is 8.00. The molecule has 0 radical (unpaired) electrons. The number of carbonyl (C=O) groups excluding carboxylic acids is 3. The van der Waals surface area contributed by atoms with Gasteiger partial charge in [0.25, 0.3) is 0 Å². The van der Waals surface area contributed by atoms with Crippen molar-refractivity contribution in [2.24, 2.45) is 5.73 Å². The van der Waals surface area contributed by atoms with Crippen molar-refractivity contribution in [3.05, 3.63) is 53.5 Å². The van der Waals surface area contributed by atoms with E-state index < -0.39 is 6.04 Å². The molecule has 1 saturated heterocycles. The van der Waals surface area contributed by atoms with E-state index in [2.05, 4.69) is 10.3 Å². The number of rotatable bonds is 8. The first kappa shape index (κ1) is 22.2. The van der Waals surface area contributed by atoms with Gasteiger partial charge in [-0.15, -0.1) is 0 Å². The molecule has 0 bridgehead atoms. The molecule has 0 unspecified atom stereocenters. The van der Waals surface area contributed by atoms with Gasteiger partial charge in [-0.2, -0.15) is 0 Å². The van der Waals surface area contributed by atoms with E-state index in [1.165, 1.54) is 11.0 Å². The number of nitrogens with zero attached hydrogens (tertiary/aromatic N) is 1. The van der Waals surface area contributed by atoms with E-state index in [4.69, 9.17) is 5.73 Å². The third-order valence-corrected chi connectivity index (χ3v) is 4.80. The van der Waals surface area contributed by atoms with Crippen LogP contribution in [-0.4, -0.2) is 46.6 Å². The van der Waals surface area contributed by atoms with E-state index in [1.807, 2.05) is 44.5 Å². The predicted octanol–water partition coefficient (Wildman–Crippen LogP) is 2.29. The van der Waals surface area contributed by atoms with Gasteiger partial charge in [0.2, 0.25) is 11.8 Å². The Bertz CT molecular complexity index is 830. The first-order chi connectivity index (χ1) is 13.8. The number of hydrogen-bond donors (Lipinski definition) is 3. The van der Waals surface area contributed by atoms with Crippen LogP contribution in [0.2, 0.25) is 0 Å². The van der Waals surface area contributed by atoms with E-state index in [1.54, 1.807) is 6.92 Å². The molecule has 29 heavy (non-hydrogen) atoms. The number of hydrogen-bond acceptors (Lipinski definition) is 4. The summed E-state index contributed by atoms with van der Waals surface area (Å²) in [6, 6.07) is 1.47. The van der Waals surface area contributed by atoms with Crippen LogP contribution in [0.1, 0.15) is 45.6 Å². The number of ketones is 1. The Morgan fingerprint density at radius 3 is 2.69 bits per heavy atom.